The van der Waals surface area contributed by atoms with Crippen LogP contribution >= 0.6 is 11.8 Å². The maximum atomic E-state index is 5.19. The first kappa shape index (κ1) is 22.7. The summed E-state index contributed by atoms with van der Waals surface area (Å²) in [4.78, 5) is 7.82. The lowest BCUT2D eigenvalue weighted by molar-refractivity contribution is 1.10. The SMILES string of the molecule is c1ccc(-c2nc3cccc4c3n2-c2cccc3c2B4c2ccc(-n4c5ccccc5c5ccccc54)cc2S3)cc1. The van der Waals surface area contributed by atoms with Crippen molar-refractivity contribution in [2.75, 3.05) is 0 Å². The van der Waals surface area contributed by atoms with E-state index in [1.54, 1.807) is 0 Å². The Kier molecular flexibility index (Phi) is 4.47. The van der Waals surface area contributed by atoms with Crippen LogP contribution in [0.15, 0.2) is 143 Å². The molecule has 5 heteroatoms. The minimum Gasteiger partial charge on any atom is -0.309 e. The molecule has 2 aromatic heterocycles. The number of fused-ring (bicyclic) bond motifs is 7. The quantitative estimate of drug-likeness (QED) is 0.214. The van der Waals surface area contributed by atoms with Gasteiger partial charge in [0.25, 0.3) is 0 Å². The molecule has 2 aliphatic rings. The van der Waals surface area contributed by atoms with E-state index in [9.17, 15) is 0 Å². The van der Waals surface area contributed by atoms with E-state index in [0.29, 0.717) is 0 Å². The molecule has 2 aliphatic heterocycles. The molecular weight excluding hydrogens is 529 g/mol. The third-order valence-electron chi connectivity index (χ3n) is 8.99. The van der Waals surface area contributed by atoms with Crippen molar-refractivity contribution in [2.45, 2.75) is 9.79 Å². The second-order valence-electron chi connectivity index (χ2n) is 11.2. The molecule has 0 bridgehead atoms. The Hall–Kier alpha value is -5.00. The molecule has 8 aromatic rings. The number of benzene rings is 6. The fraction of sp³-hybridized carbons (Fsp3) is 0. The minimum absolute atomic E-state index is 0.163. The van der Waals surface area contributed by atoms with Crippen molar-refractivity contribution in [2.24, 2.45) is 0 Å². The zero-order valence-electron chi connectivity index (χ0n) is 22.5. The molecule has 10 rings (SSSR count). The Morgan fingerprint density at radius 3 is 2.12 bits per heavy atom. The van der Waals surface area contributed by atoms with Crippen LogP contribution in [0.2, 0.25) is 0 Å². The predicted molar refractivity (Wildman–Crippen MR) is 176 cm³/mol. The van der Waals surface area contributed by atoms with Crippen LogP contribution in [-0.2, 0) is 0 Å². The van der Waals surface area contributed by atoms with Gasteiger partial charge >= 0.3 is 0 Å². The molecule has 0 N–H and O–H groups in total. The molecule has 4 heterocycles. The van der Waals surface area contributed by atoms with Gasteiger partial charge in [0.2, 0.25) is 6.71 Å². The average Bonchev–Trinajstić information content (AvgIpc) is 3.60. The highest BCUT2D eigenvalue weighted by atomic mass is 32.2. The van der Waals surface area contributed by atoms with Crippen LogP contribution < -0.4 is 16.4 Å². The van der Waals surface area contributed by atoms with E-state index >= 15 is 0 Å². The van der Waals surface area contributed by atoms with Crippen LogP contribution in [0, 0.1) is 0 Å². The summed E-state index contributed by atoms with van der Waals surface area (Å²) < 4.78 is 4.81. The van der Waals surface area contributed by atoms with Gasteiger partial charge < -0.3 is 4.57 Å². The first-order valence-electron chi connectivity index (χ1n) is 14.4. The highest BCUT2D eigenvalue weighted by Gasteiger charge is 2.39. The first-order valence-corrected chi connectivity index (χ1v) is 15.2. The Morgan fingerprint density at radius 1 is 0.571 bits per heavy atom. The molecule has 0 fully saturated rings. The predicted octanol–water partition coefficient (Wildman–Crippen LogP) is 7.08. The molecule has 6 aromatic carbocycles. The Bertz CT molecular complexity index is 2350. The smallest absolute Gasteiger partial charge is 0.249 e. The monoisotopic (exact) mass is 551 g/mol. The molecular formula is C37H22BN3S. The summed E-state index contributed by atoms with van der Waals surface area (Å²) in [7, 11) is 0. The average molecular weight is 551 g/mol. The van der Waals surface area contributed by atoms with Gasteiger partial charge in [0, 0.05) is 37.5 Å². The zero-order chi connectivity index (χ0) is 27.4. The second-order valence-corrected chi connectivity index (χ2v) is 12.3. The van der Waals surface area contributed by atoms with Gasteiger partial charge in [0.15, 0.2) is 0 Å². The fourth-order valence-corrected chi connectivity index (χ4v) is 8.49. The lowest BCUT2D eigenvalue weighted by atomic mass is 9.35. The minimum atomic E-state index is 0.163. The standard InChI is InChI=1S/C37H22BN3S/c1-2-10-23(11-3-1)37-39-29-15-8-14-28-36(29)41(37)32-18-9-19-33-35(32)38(28)27-21-20-24(22-34(27)42-33)40-30-16-6-4-12-25(30)26-13-5-7-17-31(26)40/h1-22H. The van der Waals surface area contributed by atoms with E-state index in [1.165, 1.54) is 64.9 Å². The molecule has 0 saturated heterocycles. The number of nitrogens with zero attached hydrogens (tertiary/aromatic N) is 3. The van der Waals surface area contributed by atoms with Crippen molar-refractivity contribution in [1.29, 1.82) is 0 Å². The summed E-state index contributed by atoms with van der Waals surface area (Å²) in [6.07, 6.45) is 0. The van der Waals surface area contributed by atoms with Crippen LogP contribution in [0.5, 0.6) is 0 Å². The van der Waals surface area contributed by atoms with Crippen LogP contribution in [0.25, 0.3) is 55.6 Å². The molecule has 0 saturated carbocycles. The fourth-order valence-electron chi connectivity index (χ4n) is 7.29. The van der Waals surface area contributed by atoms with Crippen LogP contribution in [-0.4, -0.2) is 20.8 Å². The van der Waals surface area contributed by atoms with Gasteiger partial charge in [0.05, 0.1) is 22.1 Å². The van der Waals surface area contributed by atoms with Crippen LogP contribution in [0.3, 0.4) is 0 Å². The third-order valence-corrected chi connectivity index (χ3v) is 10.1. The van der Waals surface area contributed by atoms with Gasteiger partial charge in [-0.15, -0.1) is 0 Å². The lowest BCUT2D eigenvalue weighted by Crippen LogP contribution is -2.58. The number of rotatable bonds is 2. The number of imidazole rings is 1. The largest absolute Gasteiger partial charge is 0.309 e. The van der Waals surface area contributed by atoms with E-state index < -0.39 is 0 Å². The zero-order valence-corrected chi connectivity index (χ0v) is 23.3. The molecule has 0 unspecified atom stereocenters. The van der Waals surface area contributed by atoms with Crippen molar-refractivity contribution in [3.05, 3.63) is 133 Å². The molecule has 3 nitrogen and oxygen atoms in total. The van der Waals surface area contributed by atoms with Crippen molar-refractivity contribution in [1.82, 2.24) is 14.1 Å². The molecule has 0 aliphatic carbocycles. The molecule has 194 valence electrons. The summed E-state index contributed by atoms with van der Waals surface area (Å²) in [5, 5.41) is 2.57. The number of aromatic nitrogens is 3. The van der Waals surface area contributed by atoms with Gasteiger partial charge in [-0.25, -0.2) is 4.98 Å². The van der Waals surface area contributed by atoms with Gasteiger partial charge in [-0.1, -0.05) is 108 Å². The third kappa shape index (κ3) is 2.91. The Morgan fingerprint density at radius 2 is 1.31 bits per heavy atom. The van der Waals surface area contributed by atoms with Crippen molar-refractivity contribution in [3.8, 4) is 22.8 Å². The van der Waals surface area contributed by atoms with E-state index in [2.05, 4.69) is 143 Å². The van der Waals surface area contributed by atoms with Crippen LogP contribution in [0.4, 0.5) is 0 Å². The van der Waals surface area contributed by atoms with Gasteiger partial charge in [0.1, 0.15) is 5.82 Å². The molecule has 0 amide bonds. The normalized spacial score (nSPS) is 13.1. The number of para-hydroxylation sites is 3. The van der Waals surface area contributed by atoms with E-state index in [1.807, 2.05) is 11.8 Å². The van der Waals surface area contributed by atoms with E-state index in [-0.39, 0.29) is 6.71 Å². The van der Waals surface area contributed by atoms with Crippen molar-refractivity contribution >= 4 is 67.7 Å². The maximum absolute atomic E-state index is 5.19. The van der Waals surface area contributed by atoms with Gasteiger partial charge in [-0.3, -0.25) is 4.57 Å². The number of hydrogen-bond acceptors (Lipinski definition) is 2. The van der Waals surface area contributed by atoms with Crippen LogP contribution in [0.1, 0.15) is 0 Å². The summed E-state index contributed by atoms with van der Waals surface area (Å²) in [5.41, 5.74) is 12.4. The van der Waals surface area contributed by atoms with Gasteiger partial charge in [-0.2, -0.15) is 0 Å². The number of hydrogen-bond donors (Lipinski definition) is 0. The summed E-state index contributed by atoms with van der Waals surface area (Å²) >= 11 is 1.89. The first-order chi connectivity index (χ1) is 20.8. The topological polar surface area (TPSA) is 22.8 Å². The van der Waals surface area contributed by atoms with E-state index in [4.69, 9.17) is 4.98 Å². The molecule has 0 atom stereocenters. The molecule has 42 heavy (non-hydrogen) atoms. The summed E-state index contributed by atoms with van der Waals surface area (Å²) in [6, 6.07) is 48.5. The van der Waals surface area contributed by atoms with Gasteiger partial charge in [-0.05, 0) is 53.4 Å². The highest BCUT2D eigenvalue weighted by molar-refractivity contribution is 8.00. The second kappa shape index (κ2) is 8.28. The van der Waals surface area contributed by atoms with E-state index in [0.717, 1.165) is 16.9 Å². The highest BCUT2D eigenvalue weighted by Crippen LogP contribution is 2.39. The Balaban J connectivity index is 1.23. The lowest BCUT2D eigenvalue weighted by Gasteiger charge is -2.33. The summed E-state index contributed by atoms with van der Waals surface area (Å²) in [5.74, 6) is 1.00. The summed E-state index contributed by atoms with van der Waals surface area (Å²) in [6.45, 7) is 0.163. The molecule has 0 radical (unpaired) electrons. The molecule has 0 spiro atoms. The maximum Gasteiger partial charge on any atom is 0.249 e. The van der Waals surface area contributed by atoms with Crippen molar-refractivity contribution in [3.63, 3.8) is 0 Å². The van der Waals surface area contributed by atoms with Crippen molar-refractivity contribution < 1.29 is 0 Å². The Labute approximate surface area is 247 Å².